The molecule has 0 aromatic heterocycles. The highest BCUT2D eigenvalue weighted by atomic mass is 19.1. The van der Waals surface area contributed by atoms with Crippen molar-refractivity contribution < 1.29 is 33.5 Å². The number of rotatable bonds is 5. The number of carbonyl (C=O) groups excluding carboxylic acids is 1. The molecule has 1 fully saturated rings. The Morgan fingerprint density at radius 3 is 2.67 bits per heavy atom. The van der Waals surface area contributed by atoms with Gasteiger partial charge in [0.2, 0.25) is 0 Å². The molecule has 2 aromatic rings. The fourth-order valence-corrected chi connectivity index (χ4v) is 3.41. The summed E-state index contributed by atoms with van der Waals surface area (Å²) >= 11 is 0. The summed E-state index contributed by atoms with van der Waals surface area (Å²) in [5.74, 6) is -4.48. The number of carboxylic acid groups (broad SMARTS) is 1. The first-order valence-electron chi connectivity index (χ1n) is 7.83. The Bertz CT molecular complexity index is 945. The van der Waals surface area contributed by atoms with Gasteiger partial charge in [0.25, 0.3) is 5.69 Å². The van der Waals surface area contributed by atoms with Crippen molar-refractivity contribution in [3.63, 3.8) is 0 Å². The van der Waals surface area contributed by atoms with Crippen LogP contribution in [0.3, 0.4) is 0 Å². The number of nitro groups is 1. The number of ether oxygens (including phenoxy) is 2. The quantitative estimate of drug-likeness (QED) is 0.485. The Hall–Kier alpha value is -3.49. The third-order valence-corrected chi connectivity index (χ3v) is 4.50. The van der Waals surface area contributed by atoms with Gasteiger partial charge in [0, 0.05) is 11.6 Å². The third kappa shape index (κ3) is 2.86. The first-order chi connectivity index (χ1) is 12.8. The highest BCUT2D eigenvalue weighted by Crippen LogP contribution is 2.52. The van der Waals surface area contributed by atoms with Crippen LogP contribution in [0.2, 0.25) is 0 Å². The van der Waals surface area contributed by atoms with Gasteiger partial charge in [-0.1, -0.05) is 18.2 Å². The molecule has 1 N–H and O–H groups in total. The fourth-order valence-electron chi connectivity index (χ4n) is 3.41. The standard InChI is InChI=1S/C18H14FNO7/c1-26-15-5-3-2-4-11(15)18(13(17(22)23)9-16(21)27-18)12-8-10(19)6-7-14(12)20(24)25/h2-8,13H,9H2,1H3,(H,22,23)/t13-,18+/m0/s1. The molecule has 27 heavy (non-hydrogen) atoms. The molecule has 0 saturated carbocycles. The molecule has 0 spiro atoms. The van der Waals surface area contributed by atoms with Gasteiger partial charge >= 0.3 is 11.9 Å². The molecular weight excluding hydrogens is 361 g/mol. The van der Waals surface area contributed by atoms with Crippen LogP contribution in [0.25, 0.3) is 0 Å². The highest BCUT2D eigenvalue weighted by Gasteiger charge is 2.59. The maximum atomic E-state index is 14.0. The number of carboxylic acids is 1. The summed E-state index contributed by atoms with van der Waals surface area (Å²) < 4.78 is 24.7. The van der Waals surface area contributed by atoms with E-state index in [4.69, 9.17) is 9.47 Å². The van der Waals surface area contributed by atoms with E-state index in [1.54, 1.807) is 6.07 Å². The summed E-state index contributed by atoms with van der Waals surface area (Å²) in [6.07, 6.45) is -0.527. The normalized spacial score (nSPS) is 21.6. The van der Waals surface area contributed by atoms with E-state index in [2.05, 4.69) is 0 Å². The maximum Gasteiger partial charge on any atom is 0.311 e. The summed E-state index contributed by atoms with van der Waals surface area (Å²) in [6.45, 7) is 0. The Morgan fingerprint density at radius 1 is 1.33 bits per heavy atom. The van der Waals surface area contributed by atoms with Gasteiger partial charge in [0.05, 0.1) is 24.0 Å². The fraction of sp³-hybridized carbons (Fsp3) is 0.222. The molecule has 1 heterocycles. The minimum atomic E-state index is -2.11. The molecular formula is C18H14FNO7. The van der Waals surface area contributed by atoms with Gasteiger partial charge < -0.3 is 14.6 Å². The van der Waals surface area contributed by atoms with Crippen molar-refractivity contribution in [3.05, 3.63) is 69.5 Å². The maximum absolute atomic E-state index is 14.0. The van der Waals surface area contributed by atoms with Crippen LogP contribution in [-0.2, 0) is 19.9 Å². The van der Waals surface area contributed by atoms with E-state index in [0.717, 1.165) is 18.2 Å². The number of hydrogen-bond donors (Lipinski definition) is 1. The Labute approximate surface area is 152 Å². The Kier molecular flexibility index (Phi) is 4.52. The minimum Gasteiger partial charge on any atom is -0.496 e. The van der Waals surface area contributed by atoms with Gasteiger partial charge in [-0.25, -0.2) is 4.39 Å². The summed E-state index contributed by atoms with van der Waals surface area (Å²) in [5.41, 5.74) is -2.96. The zero-order valence-corrected chi connectivity index (χ0v) is 14.0. The Balaban J connectivity index is 2.44. The van der Waals surface area contributed by atoms with Crippen LogP contribution in [0, 0.1) is 21.8 Å². The number of carbonyl (C=O) groups is 2. The number of benzene rings is 2. The number of esters is 1. The lowest BCUT2D eigenvalue weighted by molar-refractivity contribution is -0.386. The SMILES string of the molecule is COc1ccccc1[C@]1(c2cc(F)ccc2[N+](=O)[O-])OC(=O)C[C@H]1C(=O)O. The molecule has 140 valence electrons. The van der Waals surface area contributed by atoms with Crippen molar-refractivity contribution in [1.29, 1.82) is 0 Å². The molecule has 1 aliphatic rings. The molecule has 0 amide bonds. The van der Waals surface area contributed by atoms with Crippen LogP contribution < -0.4 is 4.74 Å². The second kappa shape index (κ2) is 6.67. The van der Waals surface area contributed by atoms with Crippen LogP contribution in [-0.4, -0.2) is 29.1 Å². The topological polar surface area (TPSA) is 116 Å². The summed E-state index contributed by atoms with van der Waals surface area (Å²) in [4.78, 5) is 34.8. The van der Waals surface area contributed by atoms with Crippen LogP contribution in [0.1, 0.15) is 17.5 Å². The number of hydrogen-bond acceptors (Lipinski definition) is 6. The van der Waals surface area contributed by atoms with Crippen LogP contribution >= 0.6 is 0 Å². The third-order valence-electron chi connectivity index (χ3n) is 4.50. The zero-order valence-electron chi connectivity index (χ0n) is 14.0. The lowest BCUT2D eigenvalue weighted by Gasteiger charge is -2.33. The van der Waals surface area contributed by atoms with Gasteiger partial charge in [-0.3, -0.25) is 19.7 Å². The van der Waals surface area contributed by atoms with Gasteiger partial charge in [-0.05, 0) is 18.2 Å². The molecule has 0 radical (unpaired) electrons. The van der Waals surface area contributed by atoms with Crippen LogP contribution in [0.15, 0.2) is 42.5 Å². The molecule has 0 bridgehead atoms. The number of nitrogens with zero attached hydrogens (tertiary/aromatic N) is 1. The predicted octanol–water partition coefficient (Wildman–Crippen LogP) is 2.63. The van der Waals surface area contributed by atoms with E-state index < -0.39 is 46.3 Å². The lowest BCUT2D eigenvalue weighted by atomic mass is 9.75. The minimum absolute atomic E-state index is 0.0828. The van der Waals surface area contributed by atoms with Crippen LogP contribution in [0.5, 0.6) is 5.75 Å². The summed E-state index contributed by atoms with van der Waals surface area (Å²) in [7, 11) is 1.32. The number of cyclic esters (lactones) is 1. The van der Waals surface area contributed by atoms with E-state index in [1.165, 1.54) is 25.3 Å². The van der Waals surface area contributed by atoms with Crippen molar-refractivity contribution in [1.82, 2.24) is 0 Å². The molecule has 3 rings (SSSR count). The molecule has 8 nitrogen and oxygen atoms in total. The van der Waals surface area contributed by atoms with Gasteiger partial charge in [0.1, 0.15) is 17.5 Å². The molecule has 0 aliphatic carbocycles. The van der Waals surface area contributed by atoms with Gasteiger partial charge in [-0.2, -0.15) is 0 Å². The first-order valence-corrected chi connectivity index (χ1v) is 7.83. The number of aliphatic carboxylic acids is 1. The van der Waals surface area contributed by atoms with Crippen molar-refractivity contribution in [3.8, 4) is 5.75 Å². The van der Waals surface area contributed by atoms with Crippen molar-refractivity contribution >= 4 is 17.6 Å². The van der Waals surface area contributed by atoms with Crippen molar-refractivity contribution in [2.45, 2.75) is 12.0 Å². The first kappa shape index (κ1) is 18.3. The average molecular weight is 375 g/mol. The molecule has 0 unspecified atom stereocenters. The van der Waals surface area contributed by atoms with E-state index in [-0.39, 0.29) is 16.9 Å². The second-order valence-corrected chi connectivity index (χ2v) is 5.92. The number of methoxy groups -OCH3 is 1. The van der Waals surface area contributed by atoms with E-state index in [1.807, 2.05) is 0 Å². The monoisotopic (exact) mass is 375 g/mol. The van der Waals surface area contributed by atoms with Gasteiger partial charge in [0.15, 0.2) is 5.60 Å². The van der Waals surface area contributed by atoms with Crippen molar-refractivity contribution in [2.24, 2.45) is 5.92 Å². The zero-order chi connectivity index (χ0) is 19.8. The molecule has 1 aliphatic heterocycles. The highest BCUT2D eigenvalue weighted by molar-refractivity contribution is 5.86. The summed E-state index contributed by atoms with van der Waals surface area (Å²) in [5, 5.41) is 21.3. The van der Waals surface area contributed by atoms with Crippen LogP contribution in [0.4, 0.5) is 10.1 Å². The van der Waals surface area contributed by atoms with E-state index in [0.29, 0.717) is 0 Å². The molecule has 2 atom stereocenters. The molecule has 1 saturated heterocycles. The largest absolute Gasteiger partial charge is 0.496 e. The average Bonchev–Trinajstić information content (AvgIpc) is 3.00. The number of halogens is 1. The predicted molar refractivity (Wildman–Crippen MR) is 88.7 cm³/mol. The molecule has 9 heteroatoms. The smallest absolute Gasteiger partial charge is 0.311 e. The van der Waals surface area contributed by atoms with E-state index in [9.17, 15) is 29.2 Å². The lowest BCUT2D eigenvalue weighted by Crippen LogP contribution is -2.39. The Morgan fingerprint density at radius 2 is 2.04 bits per heavy atom. The number of para-hydroxylation sites is 1. The number of nitro benzene ring substituents is 1. The van der Waals surface area contributed by atoms with Crippen molar-refractivity contribution in [2.75, 3.05) is 7.11 Å². The van der Waals surface area contributed by atoms with Gasteiger partial charge in [-0.15, -0.1) is 0 Å². The molecule has 2 aromatic carbocycles. The van der Waals surface area contributed by atoms with E-state index >= 15 is 0 Å². The second-order valence-electron chi connectivity index (χ2n) is 5.92. The summed E-state index contributed by atoms with van der Waals surface area (Å²) in [6, 6.07) is 8.67.